The Bertz CT molecular complexity index is 143. The molecular weight excluding hydrogens is 186 g/mol. The van der Waals surface area contributed by atoms with Gasteiger partial charge >= 0.3 is 0 Å². The van der Waals surface area contributed by atoms with Crippen molar-refractivity contribution in [1.29, 1.82) is 0 Å². The average Bonchev–Trinajstić information content (AvgIpc) is 2.26. The molecule has 0 aliphatic carbocycles. The summed E-state index contributed by atoms with van der Waals surface area (Å²) in [5, 5.41) is 0. The molecule has 1 unspecified atom stereocenters. The molecule has 2 heteroatoms. The van der Waals surface area contributed by atoms with E-state index in [0.717, 1.165) is 32.2 Å². The van der Waals surface area contributed by atoms with Crippen molar-refractivity contribution in [3.05, 3.63) is 0 Å². The second-order valence-corrected chi connectivity index (χ2v) is 4.84. The van der Waals surface area contributed by atoms with Crippen LogP contribution in [0.3, 0.4) is 0 Å². The highest BCUT2D eigenvalue weighted by atomic mass is 16.5. The standard InChI is InChI=1S/C13H27NO/c1-3-6-13(2)7-4-5-8-14-9-11-15-12-10-14/h13H,3-12H2,1-2H3. The Hall–Kier alpha value is -0.0800. The van der Waals surface area contributed by atoms with E-state index in [2.05, 4.69) is 18.7 Å². The van der Waals surface area contributed by atoms with Crippen LogP contribution < -0.4 is 0 Å². The summed E-state index contributed by atoms with van der Waals surface area (Å²) in [6.45, 7) is 10.1. The molecule has 1 aliphatic rings. The molecule has 0 spiro atoms. The molecule has 0 aromatic carbocycles. The Labute approximate surface area is 95.0 Å². The summed E-state index contributed by atoms with van der Waals surface area (Å²) in [4.78, 5) is 2.54. The summed E-state index contributed by atoms with van der Waals surface area (Å²) in [5.41, 5.74) is 0. The van der Waals surface area contributed by atoms with Crippen LogP contribution in [0.5, 0.6) is 0 Å². The Balaban J connectivity index is 1.91. The molecular formula is C13H27NO. The zero-order chi connectivity index (χ0) is 10.9. The van der Waals surface area contributed by atoms with Crippen LogP contribution in [0.15, 0.2) is 0 Å². The molecule has 1 rings (SSSR count). The van der Waals surface area contributed by atoms with Crippen LogP contribution in [0.25, 0.3) is 0 Å². The van der Waals surface area contributed by atoms with Crippen LogP contribution in [0.4, 0.5) is 0 Å². The lowest BCUT2D eigenvalue weighted by Gasteiger charge is -2.26. The molecule has 0 radical (unpaired) electrons. The zero-order valence-electron chi connectivity index (χ0n) is 10.5. The van der Waals surface area contributed by atoms with Crippen LogP contribution in [-0.4, -0.2) is 37.7 Å². The van der Waals surface area contributed by atoms with E-state index in [4.69, 9.17) is 4.74 Å². The summed E-state index contributed by atoms with van der Waals surface area (Å²) in [5.74, 6) is 0.930. The Morgan fingerprint density at radius 2 is 1.87 bits per heavy atom. The number of morpholine rings is 1. The summed E-state index contributed by atoms with van der Waals surface area (Å²) >= 11 is 0. The lowest BCUT2D eigenvalue weighted by molar-refractivity contribution is 0.0370. The van der Waals surface area contributed by atoms with Crippen molar-refractivity contribution in [1.82, 2.24) is 4.90 Å². The number of unbranched alkanes of at least 4 members (excludes halogenated alkanes) is 1. The second kappa shape index (κ2) is 8.12. The van der Waals surface area contributed by atoms with E-state index in [0.29, 0.717) is 0 Å². The monoisotopic (exact) mass is 213 g/mol. The highest BCUT2D eigenvalue weighted by Crippen LogP contribution is 2.13. The molecule has 0 aromatic rings. The van der Waals surface area contributed by atoms with Crippen LogP contribution >= 0.6 is 0 Å². The van der Waals surface area contributed by atoms with Crippen molar-refractivity contribution in [2.24, 2.45) is 5.92 Å². The SMILES string of the molecule is CCCC(C)CCCCN1CCOCC1. The molecule has 0 amide bonds. The van der Waals surface area contributed by atoms with E-state index >= 15 is 0 Å². The topological polar surface area (TPSA) is 12.5 Å². The molecule has 1 heterocycles. The van der Waals surface area contributed by atoms with Crippen LogP contribution in [0.1, 0.15) is 46.0 Å². The number of rotatable bonds is 7. The number of hydrogen-bond acceptors (Lipinski definition) is 2. The van der Waals surface area contributed by atoms with E-state index < -0.39 is 0 Å². The predicted molar refractivity (Wildman–Crippen MR) is 65.2 cm³/mol. The second-order valence-electron chi connectivity index (χ2n) is 4.84. The zero-order valence-corrected chi connectivity index (χ0v) is 10.5. The molecule has 1 atom stereocenters. The first-order valence-corrected chi connectivity index (χ1v) is 6.63. The number of ether oxygens (including phenoxy) is 1. The molecule has 0 aromatic heterocycles. The maximum absolute atomic E-state index is 5.33. The van der Waals surface area contributed by atoms with E-state index in [9.17, 15) is 0 Å². The molecule has 2 nitrogen and oxygen atoms in total. The van der Waals surface area contributed by atoms with E-state index in [-0.39, 0.29) is 0 Å². The summed E-state index contributed by atoms with van der Waals surface area (Å²) in [7, 11) is 0. The minimum Gasteiger partial charge on any atom is -0.379 e. The molecule has 15 heavy (non-hydrogen) atoms. The molecule has 1 saturated heterocycles. The average molecular weight is 213 g/mol. The minimum atomic E-state index is 0.930. The van der Waals surface area contributed by atoms with Gasteiger partial charge in [-0.3, -0.25) is 4.90 Å². The van der Waals surface area contributed by atoms with Gasteiger partial charge in [0.2, 0.25) is 0 Å². The van der Waals surface area contributed by atoms with E-state index in [1.807, 2.05) is 0 Å². The summed E-state index contributed by atoms with van der Waals surface area (Å²) in [6.07, 6.45) is 6.92. The molecule has 1 aliphatic heterocycles. The van der Waals surface area contributed by atoms with Gasteiger partial charge in [-0.25, -0.2) is 0 Å². The fourth-order valence-electron chi connectivity index (χ4n) is 2.29. The van der Waals surface area contributed by atoms with Crippen molar-refractivity contribution < 1.29 is 4.74 Å². The van der Waals surface area contributed by atoms with Crippen LogP contribution in [0, 0.1) is 5.92 Å². The first-order chi connectivity index (χ1) is 7.33. The number of hydrogen-bond donors (Lipinski definition) is 0. The quantitative estimate of drug-likeness (QED) is 0.603. The van der Waals surface area contributed by atoms with Crippen molar-refractivity contribution in [2.45, 2.75) is 46.0 Å². The lowest BCUT2D eigenvalue weighted by atomic mass is 9.99. The maximum atomic E-state index is 5.33. The molecule has 0 N–H and O–H groups in total. The predicted octanol–water partition coefficient (Wildman–Crippen LogP) is 2.93. The summed E-state index contributed by atoms with van der Waals surface area (Å²) < 4.78 is 5.33. The third-order valence-corrected chi connectivity index (χ3v) is 3.31. The molecule has 0 saturated carbocycles. The van der Waals surface area contributed by atoms with Gasteiger partial charge in [-0.2, -0.15) is 0 Å². The fraction of sp³-hybridized carbons (Fsp3) is 1.00. The molecule has 1 fully saturated rings. The van der Waals surface area contributed by atoms with Crippen LogP contribution in [0.2, 0.25) is 0 Å². The Kier molecular flexibility index (Phi) is 7.03. The van der Waals surface area contributed by atoms with Gasteiger partial charge in [0.1, 0.15) is 0 Å². The first kappa shape index (κ1) is 13.0. The highest BCUT2D eigenvalue weighted by molar-refractivity contribution is 4.62. The number of nitrogens with zero attached hydrogens (tertiary/aromatic N) is 1. The third kappa shape index (κ3) is 6.16. The Morgan fingerprint density at radius 3 is 2.53 bits per heavy atom. The van der Waals surface area contributed by atoms with Gasteiger partial charge in [0.25, 0.3) is 0 Å². The van der Waals surface area contributed by atoms with Crippen LogP contribution in [-0.2, 0) is 4.74 Å². The summed E-state index contributed by atoms with van der Waals surface area (Å²) in [6, 6.07) is 0. The van der Waals surface area contributed by atoms with Crippen molar-refractivity contribution >= 4 is 0 Å². The fourth-order valence-corrected chi connectivity index (χ4v) is 2.29. The van der Waals surface area contributed by atoms with Crippen molar-refractivity contribution in [3.8, 4) is 0 Å². The largest absolute Gasteiger partial charge is 0.379 e. The van der Waals surface area contributed by atoms with Gasteiger partial charge in [-0.1, -0.05) is 39.5 Å². The van der Waals surface area contributed by atoms with Gasteiger partial charge in [-0.15, -0.1) is 0 Å². The van der Waals surface area contributed by atoms with Crippen molar-refractivity contribution in [2.75, 3.05) is 32.8 Å². The van der Waals surface area contributed by atoms with Gasteiger partial charge in [0.05, 0.1) is 13.2 Å². The maximum Gasteiger partial charge on any atom is 0.0594 e. The van der Waals surface area contributed by atoms with Gasteiger partial charge < -0.3 is 4.74 Å². The highest BCUT2D eigenvalue weighted by Gasteiger charge is 2.09. The third-order valence-electron chi connectivity index (χ3n) is 3.31. The van der Waals surface area contributed by atoms with Gasteiger partial charge in [-0.05, 0) is 18.9 Å². The van der Waals surface area contributed by atoms with E-state index in [1.54, 1.807) is 0 Å². The first-order valence-electron chi connectivity index (χ1n) is 6.63. The smallest absolute Gasteiger partial charge is 0.0594 e. The molecule has 0 bridgehead atoms. The molecule has 90 valence electrons. The lowest BCUT2D eigenvalue weighted by Crippen LogP contribution is -2.36. The minimum absolute atomic E-state index is 0.930. The van der Waals surface area contributed by atoms with Crippen molar-refractivity contribution in [3.63, 3.8) is 0 Å². The Morgan fingerprint density at radius 1 is 1.13 bits per heavy atom. The van der Waals surface area contributed by atoms with Gasteiger partial charge in [0, 0.05) is 13.1 Å². The van der Waals surface area contributed by atoms with Gasteiger partial charge in [0.15, 0.2) is 0 Å². The normalized spacial score (nSPS) is 20.4. The van der Waals surface area contributed by atoms with E-state index in [1.165, 1.54) is 38.6 Å².